The Bertz CT molecular complexity index is 1730. The average Bonchev–Trinajstić information content (AvgIpc) is 3.29. The summed E-state index contributed by atoms with van der Waals surface area (Å²) in [6.45, 7) is 1.65. The number of hydrogen-bond acceptors (Lipinski definition) is 8. The lowest BCUT2D eigenvalue weighted by Crippen LogP contribution is -2.36. The highest BCUT2D eigenvalue weighted by Gasteiger charge is 2.25. The molecule has 15 heteroatoms. The van der Waals surface area contributed by atoms with Crippen LogP contribution < -0.4 is 21.5 Å². The Morgan fingerprint density at radius 2 is 1.93 bits per heavy atom. The minimum atomic E-state index is -1.12. The van der Waals surface area contributed by atoms with E-state index in [0.717, 1.165) is 16.8 Å². The van der Waals surface area contributed by atoms with E-state index in [4.69, 9.17) is 22.1 Å². The van der Waals surface area contributed by atoms with Crippen molar-refractivity contribution in [2.24, 2.45) is 12.8 Å². The first-order valence-corrected chi connectivity index (χ1v) is 12.3. The summed E-state index contributed by atoms with van der Waals surface area (Å²) >= 11 is 5.92. The Hall–Kier alpha value is -4.56. The lowest BCUT2D eigenvalue weighted by molar-refractivity contribution is -0.116. The quantitative estimate of drug-likeness (QED) is 0.316. The number of rotatable bonds is 6. The first kappa shape index (κ1) is 27.0. The number of amides is 2. The molecule has 1 saturated heterocycles. The molecule has 1 aliphatic heterocycles. The van der Waals surface area contributed by atoms with Crippen molar-refractivity contribution in [1.29, 1.82) is 0 Å². The fourth-order valence-corrected chi connectivity index (χ4v) is 4.63. The van der Waals surface area contributed by atoms with Gasteiger partial charge in [-0.2, -0.15) is 0 Å². The maximum absolute atomic E-state index is 15.2. The van der Waals surface area contributed by atoms with Gasteiger partial charge in [0.15, 0.2) is 11.6 Å². The van der Waals surface area contributed by atoms with Crippen molar-refractivity contribution in [3.63, 3.8) is 0 Å². The maximum Gasteiger partial charge on any atom is 0.263 e. The number of nitrogens with zero attached hydrogens (tertiary/aromatic N) is 5. The highest BCUT2D eigenvalue weighted by Crippen LogP contribution is 2.39. The number of phenols is 1. The third-order valence-electron chi connectivity index (χ3n) is 6.44. The van der Waals surface area contributed by atoms with Gasteiger partial charge in [0.1, 0.15) is 28.8 Å². The van der Waals surface area contributed by atoms with E-state index in [9.17, 15) is 23.9 Å². The summed E-state index contributed by atoms with van der Waals surface area (Å²) in [6.07, 6.45) is 3.49. The van der Waals surface area contributed by atoms with E-state index in [1.165, 1.54) is 30.2 Å². The first-order valence-electron chi connectivity index (χ1n) is 11.9. The number of morpholine rings is 1. The Kier molecular flexibility index (Phi) is 7.12. The molecule has 0 unspecified atom stereocenters. The molecule has 1 aliphatic rings. The normalized spacial score (nSPS) is 13.6. The molecule has 0 atom stereocenters. The zero-order valence-corrected chi connectivity index (χ0v) is 21.7. The second kappa shape index (κ2) is 10.5. The molecule has 1 fully saturated rings. The van der Waals surface area contributed by atoms with E-state index in [1.807, 2.05) is 4.90 Å². The lowest BCUT2D eigenvalue weighted by Gasteiger charge is -2.28. The summed E-state index contributed by atoms with van der Waals surface area (Å²) < 4.78 is 37.5. The van der Waals surface area contributed by atoms with E-state index < -0.39 is 51.9 Å². The standard InChI is InChI=1S/C25H22ClF2N7O5/c1-33-11-31-24-19(25(33)39)14(12-6-13(23(29)38)22(37)20(26)21(12)28)9-35(24)10-18(36)32-16-7-17(30-8-15(16)27)34-2-4-40-5-3-34/h6-9,11,37H,2-5,10H2,1H3,(H2,29,38)(H,30,32,36). The summed E-state index contributed by atoms with van der Waals surface area (Å²) in [7, 11) is 1.43. The van der Waals surface area contributed by atoms with Gasteiger partial charge in [0.25, 0.3) is 11.5 Å². The van der Waals surface area contributed by atoms with Crippen LogP contribution >= 0.6 is 11.6 Å². The molecule has 12 nitrogen and oxygen atoms in total. The van der Waals surface area contributed by atoms with Crippen molar-refractivity contribution in [3.05, 3.63) is 63.4 Å². The van der Waals surface area contributed by atoms with Crippen LogP contribution in [0.15, 0.2) is 35.6 Å². The van der Waals surface area contributed by atoms with Crippen LogP contribution in [0.2, 0.25) is 5.02 Å². The van der Waals surface area contributed by atoms with E-state index in [-0.39, 0.29) is 27.8 Å². The molecule has 0 aliphatic carbocycles. The third-order valence-corrected chi connectivity index (χ3v) is 6.78. The zero-order chi connectivity index (χ0) is 28.7. The van der Waals surface area contributed by atoms with Crippen LogP contribution in [-0.2, 0) is 23.1 Å². The average molecular weight is 574 g/mol. The highest BCUT2D eigenvalue weighted by molar-refractivity contribution is 6.33. The number of hydrogen-bond donors (Lipinski definition) is 3. The van der Waals surface area contributed by atoms with Gasteiger partial charge in [0.2, 0.25) is 5.91 Å². The van der Waals surface area contributed by atoms with Gasteiger partial charge < -0.3 is 34.9 Å². The van der Waals surface area contributed by atoms with Crippen LogP contribution in [0, 0.1) is 11.6 Å². The zero-order valence-electron chi connectivity index (χ0n) is 20.9. The number of halogens is 3. The third kappa shape index (κ3) is 4.82. The van der Waals surface area contributed by atoms with Crippen LogP contribution in [-0.4, -0.2) is 62.3 Å². The number of aromatic hydroxyl groups is 1. The van der Waals surface area contributed by atoms with Gasteiger partial charge in [-0.15, -0.1) is 0 Å². The van der Waals surface area contributed by atoms with Crippen LogP contribution in [0.1, 0.15) is 10.4 Å². The van der Waals surface area contributed by atoms with Crippen molar-refractivity contribution >= 4 is 46.0 Å². The van der Waals surface area contributed by atoms with E-state index in [2.05, 4.69) is 15.3 Å². The van der Waals surface area contributed by atoms with E-state index in [0.29, 0.717) is 32.1 Å². The Morgan fingerprint density at radius 1 is 1.20 bits per heavy atom. The molecular formula is C25H22ClF2N7O5. The highest BCUT2D eigenvalue weighted by atomic mass is 35.5. The van der Waals surface area contributed by atoms with Gasteiger partial charge >= 0.3 is 0 Å². The largest absolute Gasteiger partial charge is 0.505 e. The summed E-state index contributed by atoms with van der Waals surface area (Å²) in [4.78, 5) is 48.1. The van der Waals surface area contributed by atoms with Crippen LogP contribution in [0.25, 0.3) is 22.2 Å². The molecule has 4 N–H and O–H groups in total. The molecule has 2 amide bonds. The smallest absolute Gasteiger partial charge is 0.263 e. The number of primary amides is 1. The number of nitrogens with one attached hydrogen (secondary N) is 1. The molecule has 0 saturated carbocycles. The number of aryl methyl sites for hydroxylation is 1. The van der Waals surface area contributed by atoms with Gasteiger partial charge in [-0.25, -0.2) is 18.7 Å². The molecule has 4 aromatic rings. The summed E-state index contributed by atoms with van der Waals surface area (Å²) in [6, 6.07) is 2.37. The molecule has 5 rings (SSSR count). The van der Waals surface area contributed by atoms with Gasteiger partial charge in [-0.1, -0.05) is 11.6 Å². The van der Waals surface area contributed by atoms with Crippen molar-refractivity contribution in [2.45, 2.75) is 6.54 Å². The second-order valence-electron chi connectivity index (χ2n) is 9.01. The van der Waals surface area contributed by atoms with Crippen LogP contribution in [0.5, 0.6) is 5.75 Å². The Labute approximate surface area is 229 Å². The number of aromatic nitrogens is 4. The van der Waals surface area contributed by atoms with Gasteiger partial charge in [-0.3, -0.25) is 14.4 Å². The summed E-state index contributed by atoms with van der Waals surface area (Å²) in [5.74, 6) is -4.01. The molecule has 0 bridgehead atoms. The van der Waals surface area contributed by atoms with Crippen molar-refractivity contribution < 1.29 is 28.2 Å². The molecule has 3 aromatic heterocycles. The minimum absolute atomic E-state index is 0.0154. The summed E-state index contributed by atoms with van der Waals surface area (Å²) in [5, 5.41) is 11.7. The number of carbonyl (C=O) groups is 2. The van der Waals surface area contributed by atoms with Crippen molar-refractivity contribution in [3.8, 4) is 16.9 Å². The van der Waals surface area contributed by atoms with Crippen LogP contribution in [0.3, 0.4) is 0 Å². The monoisotopic (exact) mass is 573 g/mol. The molecule has 208 valence electrons. The molecule has 0 radical (unpaired) electrons. The molecule has 1 aromatic carbocycles. The second-order valence-corrected chi connectivity index (χ2v) is 9.39. The number of pyridine rings is 1. The summed E-state index contributed by atoms with van der Waals surface area (Å²) in [5.41, 5.74) is 3.79. The molecular weight excluding hydrogens is 552 g/mol. The first-order chi connectivity index (χ1) is 19.1. The predicted molar refractivity (Wildman–Crippen MR) is 141 cm³/mol. The van der Waals surface area contributed by atoms with Crippen molar-refractivity contribution in [1.82, 2.24) is 19.1 Å². The number of carbonyl (C=O) groups excluding carboxylic acids is 2. The van der Waals surface area contributed by atoms with Gasteiger partial charge in [0.05, 0.1) is 42.4 Å². The fraction of sp³-hybridized carbons (Fsp3) is 0.240. The van der Waals surface area contributed by atoms with Crippen molar-refractivity contribution in [2.75, 3.05) is 36.5 Å². The van der Waals surface area contributed by atoms with E-state index >= 15 is 4.39 Å². The fourth-order valence-electron chi connectivity index (χ4n) is 4.42. The number of anilines is 2. The molecule has 4 heterocycles. The lowest BCUT2D eigenvalue weighted by atomic mass is 10.0. The topological polar surface area (TPSA) is 158 Å². The number of benzene rings is 1. The van der Waals surface area contributed by atoms with Gasteiger partial charge in [0, 0.05) is 43.5 Å². The Morgan fingerprint density at radius 3 is 2.62 bits per heavy atom. The Balaban J connectivity index is 1.54. The SMILES string of the molecule is Cn1cnc2c(c(-c3cc(C(N)=O)c(O)c(Cl)c3F)cn2CC(=O)Nc2cc(N3CCOCC3)ncc2F)c1=O. The molecule has 40 heavy (non-hydrogen) atoms. The predicted octanol–water partition coefficient (Wildman–Crippen LogP) is 2.01. The number of ether oxygens (including phenoxy) is 1. The maximum atomic E-state index is 15.2. The van der Waals surface area contributed by atoms with E-state index in [1.54, 1.807) is 0 Å². The molecule has 0 spiro atoms. The van der Waals surface area contributed by atoms with Crippen LogP contribution in [0.4, 0.5) is 20.3 Å². The number of nitrogens with two attached hydrogens (primary N) is 1. The number of fused-ring (bicyclic) bond motifs is 1. The van der Waals surface area contributed by atoms with Gasteiger partial charge in [-0.05, 0) is 6.07 Å². The minimum Gasteiger partial charge on any atom is -0.505 e.